The van der Waals surface area contributed by atoms with Crippen LogP contribution in [0.4, 0.5) is 5.69 Å². The second-order valence-electron chi connectivity index (χ2n) is 4.87. The molecule has 0 saturated heterocycles. The molecule has 1 N–H and O–H groups in total. The van der Waals surface area contributed by atoms with Gasteiger partial charge in [-0.2, -0.15) is 0 Å². The molecule has 2 aromatic rings. The first kappa shape index (κ1) is 18.2. The zero-order chi connectivity index (χ0) is 17.7. The lowest BCUT2D eigenvalue weighted by Gasteiger charge is -2.14. The van der Waals surface area contributed by atoms with Crippen LogP contribution in [0, 0.1) is 0 Å². The lowest BCUT2D eigenvalue weighted by atomic mass is 10.1. The Bertz CT molecular complexity index is 724. The highest BCUT2D eigenvalue weighted by Crippen LogP contribution is 2.40. The standard InChI is InChI=1S/C17H17Cl2NO4/c1-22-14-8-12(9-15(23-2)17(14)24-3)20-16(21)6-10-4-5-11(18)7-13(10)19/h4-5,7-9H,6H2,1-3H3,(H,20,21). The summed E-state index contributed by atoms with van der Waals surface area (Å²) in [6, 6.07) is 8.32. The van der Waals surface area contributed by atoms with Crippen molar-refractivity contribution >= 4 is 34.8 Å². The molecule has 7 heteroatoms. The number of carbonyl (C=O) groups is 1. The highest BCUT2D eigenvalue weighted by atomic mass is 35.5. The van der Waals surface area contributed by atoms with Crippen LogP contribution in [0.5, 0.6) is 17.2 Å². The van der Waals surface area contributed by atoms with Gasteiger partial charge in [0.1, 0.15) is 0 Å². The number of amides is 1. The van der Waals surface area contributed by atoms with Gasteiger partial charge in [-0.1, -0.05) is 29.3 Å². The number of anilines is 1. The maximum atomic E-state index is 12.3. The van der Waals surface area contributed by atoms with Gasteiger partial charge in [-0.15, -0.1) is 0 Å². The average Bonchev–Trinajstić information content (AvgIpc) is 2.56. The molecule has 0 saturated carbocycles. The first-order valence-electron chi connectivity index (χ1n) is 7.02. The van der Waals surface area contributed by atoms with Gasteiger partial charge in [0.2, 0.25) is 11.7 Å². The van der Waals surface area contributed by atoms with Crippen molar-refractivity contribution in [1.82, 2.24) is 0 Å². The molecule has 0 aromatic heterocycles. The fourth-order valence-corrected chi connectivity index (χ4v) is 2.67. The number of nitrogens with one attached hydrogen (secondary N) is 1. The highest BCUT2D eigenvalue weighted by Gasteiger charge is 2.15. The lowest BCUT2D eigenvalue weighted by Crippen LogP contribution is -2.15. The molecule has 24 heavy (non-hydrogen) atoms. The maximum Gasteiger partial charge on any atom is 0.228 e. The molecule has 0 bridgehead atoms. The van der Waals surface area contributed by atoms with Crippen molar-refractivity contribution in [2.24, 2.45) is 0 Å². The molecule has 0 aliphatic rings. The van der Waals surface area contributed by atoms with E-state index in [9.17, 15) is 4.79 Å². The second-order valence-corrected chi connectivity index (χ2v) is 5.72. The van der Waals surface area contributed by atoms with E-state index in [1.54, 1.807) is 30.3 Å². The van der Waals surface area contributed by atoms with Crippen LogP contribution < -0.4 is 19.5 Å². The Morgan fingerprint density at radius 1 is 1.00 bits per heavy atom. The molecule has 0 spiro atoms. The Labute approximate surface area is 150 Å². The van der Waals surface area contributed by atoms with Gasteiger partial charge in [0.25, 0.3) is 0 Å². The molecular formula is C17H17Cl2NO4. The van der Waals surface area contributed by atoms with Crippen molar-refractivity contribution < 1.29 is 19.0 Å². The highest BCUT2D eigenvalue weighted by molar-refractivity contribution is 6.35. The van der Waals surface area contributed by atoms with Gasteiger partial charge in [0.15, 0.2) is 11.5 Å². The molecule has 128 valence electrons. The van der Waals surface area contributed by atoms with E-state index in [0.717, 1.165) is 0 Å². The molecule has 0 aliphatic heterocycles. The first-order valence-corrected chi connectivity index (χ1v) is 7.77. The van der Waals surface area contributed by atoms with Gasteiger partial charge in [-0.25, -0.2) is 0 Å². The SMILES string of the molecule is COc1cc(NC(=O)Cc2ccc(Cl)cc2Cl)cc(OC)c1OC. The summed E-state index contributed by atoms with van der Waals surface area (Å²) in [4.78, 5) is 12.3. The maximum absolute atomic E-state index is 12.3. The number of halogens is 2. The van der Waals surface area contributed by atoms with Crippen molar-refractivity contribution in [2.75, 3.05) is 26.6 Å². The van der Waals surface area contributed by atoms with Crippen LogP contribution >= 0.6 is 23.2 Å². The number of carbonyl (C=O) groups excluding carboxylic acids is 1. The van der Waals surface area contributed by atoms with Crippen LogP contribution in [0.1, 0.15) is 5.56 Å². The number of methoxy groups -OCH3 is 3. The van der Waals surface area contributed by atoms with Gasteiger partial charge in [0.05, 0.1) is 27.8 Å². The Hall–Kier alpha value is -2.11. The monoisotopic (exact) mass is 369 g/mol. The normalized spacial score (nSPS) is 10.2. The topological polar surface area (TPSA) is 56.8 Å². The Morgan fingerprint density at radius 3 is 2.12 bits per heavy atom. The molecule has 0 radical (unpaired) electrons. The van der Waals surface area contributed by atoms with E-state index in [-0.39, 0.29) is 12.3 Å². The molecule has 0 unspecified atom stereocenters. The predicted octanol–water partition coefficient (Wildman–Crippen LogP) is 4.20. The Kier molecular flexibility index (Phi) is 6.17. The van der Waals surface area contributed by atoms with E-state index in [4.69, 9.17) is 37.4 Å². The average molecular weight is 370 g/mol. The van der Waals surface area contributed by atoms with Crippen molar-refractivity contribution in [3.8, 4) is 17.2 Å². The molecule has 2 aromatic carbocycles. The first-order chi connectivity index (χ1) is 11.5. The zero-order valence-electron chi connectivity index (χ0n) is 13.5. The van der Waals surface area contributed by atoms with E-state index < -0.39 is 0 Å². The predicted molar refractivity (Wildman–Crippen MR) is 94.9 cm³/mol. The van der Waals surface area contributed by atoms with E-state index in [2.05, 4.69) is 5.32 Å². The van der Waals surface area contributed by atoms with Crippen LogP contribution in [0.3, 0.4) is 0 Å². The van der Waals surface area contributed by atoms with Crippen molar-refractivity contribution in [2.45, 2.75) is 6.42 Å². The summed E-state index contributed by atoms with van der Waals surface area (Å²) in [7, 11) is 4.54. The third-order valence-electron chi connectivity index (χ3n) is 3.31. The van der Waals surface area contributed by atoms with Gasteiger partial charge in [-0.3, -0.25) is 4.79 Å². The Balaban J connectivity index is 2.19. The van der Waals surface area contributed by atoms with E-state index >= 15 is 0 Å². The molecule has 0 atom stereocenters. The molecule has 0 aliphatic carbocycles. The van der Waals surface area contributed by atoms with Crippen molar-refractivity contribution in [1.29, 1.82) is 0 Å². The zero-order valence-corrected chi connectivity index (χ0v) is 15.0. The van der Waals surface area contributed by atoms with E-state index in [1.807, 2.05) is 0 Å². The minimum absolute atomic E-state index is 0.118. The third-order valence-corrected chi connectivity index (χ3v) is 3.90. The van der Waals surface area contributed by atoms with Crippen LogP contribution in [-0.2, 0) is 11.2 Å². The quantitative estimate of drug-likeness (QED) is 0.828. The molecule has 2 rings (SSSR count). The summed E-state index contributed by atoms with van der Waals surface area (Å²) in [5.74, 6) is 1.14. The fraction of sp³-hybridized carbons (Fsp3) is 0.235. The molecule has 0 fully saturated rings. The number of hydrogen-bond acceptors (Lipinski definition) is 4. The van der Waals surface area contributed by atoms with Crippen LogP contribution in [0.2, 0.25) is 10.0 Å². The summed E-state index contributed by atoms with van der Waals surface area (Å²) in [6.45, 7) is 0. The van der Waals surface area contributed by atoms with Crippen LogP contribution in [0.15, 0.2) is 30.3 Å². The van der Waals surface area contributed by atoms with Crippen molar-refractivity contribution in [3.05, 3.63) is 45.9 Å². The number of rotatable bonds is 6. The minimum atomic E-state index is -0.228. The van der Waals surface area contributed by atoms with E-state index in [1.165, 1.54) is 21.3 Å². The largest absolute Gasteiger partial charge is 0.493 e. The smallest absolute Gasteiger partial charge is 0.228 e. The van der Waals surface area contributed by atoms with Crippen LogP contribution in [0.25, 0.3) is 0 Å². The third kappa shape index (κ3) is 4.24. The summed E-state index contributed by atoms with van der Waals surface area (Å²) in [5, 5.41) is 3.76. The number of hydrogen-bond donors (Lipinski definition) is 1. The minimum Gasteiger partial charge on any atom is -0.493 e. The molecule has 1 amide bonds. The summed E-state index contributed by atoms with van der Waals surface area (Å²) in [6.07, 6.45) is 0.118. The summed E-state index contributed by atoms with van der Waals surface area (Å²) in [5.41, 5.74) is 1.21. The number of benzene rings is 2. The van der Waals surface area contributed by atoms with Crippen molar-refractivity contribution in [3.63, 3.8) is 0 Å². The summed E-state index contributed by atoms with van der Waals surface area (Å²) >= 11 is 11.9. The van der Waals surface area contributed by atoms with Crippen LogP contribution in [-0.4, -0.2) is 27.2 Å². The number of ether oxygens (including phenoxy) is 3. The Morgan fingerprint density at radius 2 is 1.62 bits per heavy atom. The molecule has 0 heterocycles. The summed E-state index contributed by atoms with van der Waals surface area (Å²) < 4.78 is 15.8. The van der Waals surface area contributed by atoms with Gasteiger partial charge < -0.3 is 19.5 Å². The van der Waals surface area contributed by atoms with Gasteiger partial charge in [-0.05, 0) is 17.7 Å². The molecule has 5 nitrogen and oxygen atoms in total. The lowest BCUT2D eigenvalue weighted by molar-refractivity contribution is -0.115. The van der Waals surface area contributed by atoms with Gasteiger partial charge >= 0.3 is 0 Å². The van der Waals surface area contributed by atoms with E-state index in [0.29, 0.717) is 38.5 Å². The second kappa shape index (κ2) is 8.13. The fourth-order valence-electron chi connectivity index (χ4n) is 2.20. The molecular weight excluding hydrogens is 353 g/mol. The van der Waals surface area contributed by atoms with Gasteiger partial charge in [0, 0.05) is 27.9 Å².